The molecule has 172 valence electrons. The topological polar surface area (TPSA) is 49.4 Å². The molecule has 3 aromatic carbocycles. The van der Waals surface area contributed by atoms with Crippen molar-refractivity contribution in [3.05, 3.63) is 105 Å². The van der Waals surface area contributed by atoms with Gasteiger partial charge in [-0.15, -0.1) is 0 Å². The Balaban J connectivity index is 1.96. The van der Waals surface area contributed by atoms with E-state index < -0.39 is 6.04 Å². The van der Waals surface area contributed by atoms with E-state index in [0.29, 0.717) is 19.5 Å². The minimum atomic E-state index is -0.606. The lowest BCUT2D eigenvalue weighted by Crippen LogP contribution is -2.50. The maximum atomic E-state index is 13.7. The number of aryl methyl sites for hydroxylation is 2. The molecule has 0 aromatic heterocycles. The lowest BCUT2D eigenvalue weighted by atomic mass is 10.00. The SMILES string of the molecule is CCNC(=O)C(Cc1ccccc1)N(Cc1cccc(Br)c1)C(=O)Cc1ccc(C)c(C)c1. The van der Waals surface area contributed by atoms with E-state index in [9.17, 15) is 9.59 Å². The molecule has 0 saturated heterocycles. The van der Waals surface area contributed by atoms with E-state index in [2.05, 4.69) is 41.2 Å². The molecule has 0 spiro atoms. The molecule has 0 aliphatic heterocycles. The number of hydrogen-bond acceptors (Lipinski definition) is 2. The largest absolute Gasteiger partial charge is 0.355 e. The number of halogens is 1. The number of hydrogen-bond donors (Lipinski definition) is 1. The van der Waals surface area contributed by atoms with E-state index in [0.717, 1.165) is 26.7 Å². The number of nitrogens with one attached hydrogen (secondary N) is 1. The molecule has 33 heavy (non-hydrogen) atoms. The highest BCUT2D eigenvalue weighted by Crippen LogP contribution is 2.19. The van der Waals surface area contributed by atoms with Crippen LogP contribution < -0.4 is 5.32 Å². The summed E-state index contributed by atoms with van der Waals surface area (Å²) in [5, 5.41) is 2.94. The van der Waals surface area contributed by atoms with Gasteiger partial charge in [-0.05, 0) is 60.7 Å². The summed E-state index contributed by atoms with van der Waals surface area (Å²) >= 11 is 3.52. The van der Waals surface area contributed by atoms with Crippen molar-refractivity contribution in [3.63, 3.8) is 0 Å². The number of carbonyl (C=O) groups excluding carboxylic acids is 2. The van der Waals surface area contributed by atoms with Crippen molar-refractivity contribution in [2.24, 2.45) is 0 Å². The summed E-state index contributed by atoms with van der Waals surface area (Å²) in [6.07, 6.45) is 0.708. The minimum absolute atomic E-state index is 0.0644. The number of amides is 2. The highest BCUT2D eigenvalue weighted by Gasteiger charge is 2.30. The average molecular weight is 507 g/mol. The third-order valence-electron chi connectivity index (χ3n) is 5.79. The molecule has 3 rings (SSSR count). The molecule has 0 radical (unpaired) electrons. The van der Waals surface area contributed by atoms with E-state index in [4.69, 9.17) is 0 Å². The van der Waals surface area contributed by atoms with Crippen LogP contribution in [0, 0.1) is 13.8 Å². The van der Waals surface area contributed by atoms with Crippen LogP contribution in [0.4, 0.5) is 0 Å². The van der Waals surface area contributed by atoms with Crippen LogP contribution >= 0.6 is 15.9 Å². The molecule has 0 saturated carbocycles. The van der Waals surface area contributed by atoms with Crippen molar-refractivity contribution in [1.29, 1.82) is 0 Å². The molecule has 0 aliphatic carbocycles. The number of rotatable bonds is 9. The Morgan fingerprint density at radius 3 is 2.27 bits per heavy atom. The Kier molecular flexibility index (Phi) is 8.84. The number of benzene rings is 3. The van der Waals surface area contributed by atoms with Crippen LogP contribution in [0.25, 0.3) is 0 Å². The molecule has 1 unspecified atom stereocenters. The molecule has 0 heterocycles. The first-order valence-electron chi connectivity index (χ1n) is 11.3. The van der Waals surface area contributed by atoms with Gasteiger partial charge in [-0.3, -0.25) is 9.59 Å². The number of nitrogens with zero attached hydrogens (tertiary/aromatic N) is 1. The van der Waals surface area contributed by atoms with Crippen LogP contribution in [0.2, 0.25) is 0 Å². The van der Waals surface area contributed by atoms with Crippen LogP contribution in [-0.4, -0.2) is 29.3 Å². The molecular weight excluding hydrogens is 476 g/mol. The molecule has 0 bridgehead atoms. The van der Waals surface area contributed by atoms with E-state index >= 15 is 0 Å². The molecule has 0 aliphatic rings. The lowest BCUT2D eigenvalue weighted by molar-refractivity contribution is -0.140. The summed E-state index contributed by atoms with van der Waals surface area (Å²) in [5.41, 5.74) is 5.30. The van der Waals surface area contributed by atoms with Crippen molar-refractivity contribution in [3.8, 4) is 0 Å². The number of likely N-dealkylation sites (N-methyl/N-ethyl adjacent to an activating group) is 1. The molecule has 5 heteroatoms. The van der Waals surface area contributed by atoms with Gasteiger partial charge in [0.25, 0.3) is 0 Å². The van der Waals surface area contributed by atoms with Crippen LogP contribution in [-0.2, 0) is 29.0 Å². The highest BCUT2D eigenvalue weighted by atomic mass is 79.9. The fourth-order valence-electron chi connectivity index (χ4n) is 3.87. The summed E-state index contributed by atoms with van der Waals surface area (Å²) in [7, 11) is 0. The van der Waals surface area contributed by atoms with Gasteiger partial charge in [-0.1, -0.05) is 76.6 Å². The summed E-state index contributed by atoms with van der Waals surface area (Å²) in [4.78, 5) is 28.6. The van der Waals surface area contributed by atoms with Gasteiger partial charge in [0.2, 0.25) is 11.8 Å². The number of carbonyl (C=O) groups is 2. The standard InChI is InChI=1S/C28H31BrN2O2/c1-4-30-28(33)26(17-22-9-6-5-7-10-22)31(19-24-11-8-12-25(29)16-24)27(32)18-23-14-13-20(2)21(3)15-23/h5-16,26H,4,17-19H2,1-3H3,(H,30,33). The van der Waals surface area contributed by atoms with Crippen molar-refractivity contribution in [1.82, 2.24) is 10.2 Å². The Labute approximate surface area is 205 Å². The van der Waals surface area contributed by atoms with Crippen LogP contribution in [0.1, 0.15) is 34.7 Å². The first-order chi connectivity index (χ1) is 15.9. The second kappa shape index (κ2) is 11.8. The molecule has 0 fully saturated rings. The van der Waals surface area contributed by atoms with Crippen LogP contribution in [0.5, 0.6) is 0 Å². The Hall–Kier alpha value is -2.92. The molecule has 3 aromatic rings. The maximum Gasteiger partial charge on any atom is 0.243 e. The molecular formula is C28H31BrN2O2. The van der Waals surface area contributed by atoms with E-state index in [1.165, 1.54) is 5.56 Å². The summed E-state index contributed by atoms with van der Waals surface area (Å²) in [6.45, 7) is 6.88. The predicted octanol–water partition coefficient (Wildman–Crippen LogP) is 5.38. The smallest absolute Gasteiger partial charge is 0.243 e. The summed E-state index contributed by atoms with van der Waals surface area (Å²) < 4.78 is 0.944. The van der Waals surface area contributed by atoms with Crippen molar-refractivity contribution in [2.75, 3.05) is 6.54 Å². The zero-order chi connectivity index (χ0) is 23.8. The van der Waals surface area contributed by atoms with Gasteiger partial charge >= 0.3 is 0 Å². The predicted molar refractivity (Wildman–Crippen MR) is 137 cm³/mol. The zero-order valence-corrected chi connectivity index (χ0v) is 21.1. The third kappa shape index (κ3) is 7.03. The maximum absolute atomic E-state index is 13.7. The second-order valence-electron chi connectivity index (χ2n) is 8.35. The zero-order valence-electron chi connectivity index (χ0n) is 19.5. The summed E-state index contributed by atoms with van der Waals surface area (Å²) in [6, 6.07) is 23.2. The monoisotopic (exact) mass is 506 g/mol. The van der Waals surface area contributed by atoms with Crippen LogP contribution in [0.15, 0.2) is 77.3 Å². The Bertz CT molecular complexity index is 1100. The van der Waals surface area contributed by atoms with E-state index in [1.807, 2.05) is 73.7 Å². The van der Waals surface area contributed by atoms with Crippen molar-refractivity contribution in [2.45, 2.75) is 46.2 Å². The molecule has 1 N–H and O–H groups in total. The molecule has 2 amide bonds. The van der Waals surface area contributed by atoms with Crippen LogP contribution in [0.3, 0.4) is 0 Å². The van der Waals surface area contributed by atoms with Gasteiger partial charge in [-0.25, -0.2) is 0 Å². The first-order valence-corrected chi connectivity index (χ1v) is 12.1. The average Bonchev–Trinajstić information content (AvgIpc) is 2.79. The van der Waals surface area contributed by atoms with Gasteiger partial charge < -0.3 is 10.2 Å². The highest BCUT2D eigenvalue weighted by molar-refractivity contribution is 9.10. The van der Waals surface area contributed by atoms with Crippen molar-refractivity contribution < 1.29 is 9.59 Å². The quantitative estimate of drug-likeness (QED) is 0.423. The third-order valence-corrected chi connectivity index (χ3v) is 6.28. The van der Waals surface area contributed by atoms with Gasteiger partial charge in [0.1, 0.15) is 6.04 Å². The van der Waals surface area contributed by atoms with Gasteiger partial charge in [0.15, 0.2) is 0 Å². The Morgan fingerprint density at radius 1 is 0.879 bits per heavy atom. The van der Waals surface area contributed by atoms with Gasteiger partial charge in [0, 0.05) is 24.0 Å². The van der Waals surface area contributed by atoms with E-state index in [-0.39, 0.29) is 18.2 Å². The second-order valence-corrected chi connectivity index (χ2v) is 9.26. The van der Waals surface area contributed by atoms with Gasteiger partial charge in [-0.2, -0.15) is 0 Å². The normalized spacial score (nSPS) is 11.6. The Morgan fingerprint density at radius 2 is 1.61 bits per heavy atom. The van der Waals surface area contributed by atoms with Crippen molar-refractivity contribution >= 4 is 27.7 Å². The first kappa shape index (κ1) is 24.7. The summed E-state index contributed by atoms with van der Waals surface area (Å²) in [5.74, 6) is -0.199. The van der Waals surface area contributed by atoms with E-state index in [1.54, 1.807) is 4.90 Å². The molecule has 4 nitrogen and oxygen atoms in total. The van der Waals surface area contributed by atoms with Gasteiger partial charge in [0.05, 0.1) is 6.42 Å². The fraction of sp³-hybridized carbons (Fsp3) is 0.286. The lowest BCUT2D eigenvalue weighted by Gasteiger charge is -2.31. The fourth-order valence-corrected chi connectivity index (χ4v) is 4.31. The molecule has 1 atom stereocenters. The minimum Gasteiger partial charge on any atom is -0.355 e.